The summed E-state index contributed by atoms with van der Waals surface area (Å²) in [6, 6.07) is 5.37. The molecule has 0 radical (unpaired) electrons. The van der Waals surface area contributed by atoms with Gasteiger partial charge < -0.3 is 39.4 Å². The van der Waals surface area contributed by atoms with Crippen LogP contribution in [-0.4, -0.2) is 100 Å². The van der Waals surface area contributed by atoms with E-state index < -0.39 is 53.2 Å². The van der Waals surface area contributed by atoms with Crippen LogP contribution in [0.4, 0.5) is 5.69 Å². The van der Waals surface area contributed by atoms with E-state index in [2.05, 4.69) is 4.74 Å². The second-order valence-corrected chi connectivity index (χ2v) is 17.4. The lowest BCUT2D eigenvalue weighted by molar-refractivity contribution is -0.384. The molecular weight excluding hydrogens is 891 g/mol. The maximum absolute atomic E-state index is 12.9. The number of hydrogen-bond acceptors (Lipinski definition) is 16. The zero-order chi connectivity index (χ0) is 49.8. The van der Waals surface area contributed by atoms with Gasteiger partial charge in [0.2, 0.25) is 0 Å². The quantitative estimate of drug-likeness (QED) is 0.0292. The van der Waals surface area contributed by atoms with E-state index in [1.54, 1.807) is 13.8 Å². The Balaban J connectivity index is 0.000000305. The number of hydrogen-bond donors (Lipinski definition) is 4. The van der Waals surface area contributed by atoms with Crippen molar-refractivity contribution in [3.63, 3.8) is 0 Å². The van der Waals surface area contributed by atoms with Gasteiger partial charge in [0.05, 0.1) is 37.5 Å². The zero-order valence-corrected chi connectivity index (χ0v) is 39.4. The summed E-state index contributed by atoms with van der Waals surface area (Å²) in [5, 5.41) is 49.1. The summed E-state index contributed by atoms with van der Waals surface area (Å²) in [6.07, 6.45) is 11.8. The molecule has 378 valence electrons. The van der Waals surface area contributed by atoms with E-state index in [1.165, 1.54) is 62.0 Å². The number of rotatable bonds is 26. The number of aliphatic hydroxyl groups is 4. The molecule has 2 aliphatic heterocycles. The first kappa shape index (κ1) is 55.3. The van der Waals surface area contributed by atoms with Gasteiger partial charge in [-0.3, -0.25) is 47.6 Å². The standard InChI is InChI=1S/C26H35N3O9.C21H34N2O7/c1-18-16-28(23-15-21(31)22(17-30)38-23)26(34)27(25(18)33)14-8-6-4-2-3-5-7-9-24(32)37-20-12-10-19(11-13-20)29(35)36;1-15-13-23(18-12-16(25)17(14-24)30-18)21(28)22(20(15)27)11-9-7-5-3-4-6-8-10-19(26)29-2/h10-13,16,21-23,30-31H,2-9,14-15,17H2,1H3;13,16-18,24-25H,3-12,14H2,1-2H3/t21-,22+,23+;16-,17+,18+/m00/s1. The van der Waals surface area contributed by atoms with Crippen LogP contribution >= 0.6 is 0 Å². The Hall–Kier alpha value is -5.32. The fraction of sp³-hybridized carbons (Fsp3) is 0.660. The molecule has 3 aromatic rings. The van der Waals surface area contributed by atoms with Gasteiger partial charge in [-0.25, -0.2) is 9.59 Å². The molecule has 21 heteroatoms. The Morgan fingerprint density at radius 2 is 1.03 bits per heavy atom. The molecule has 0 amide bonds. The average Bonchev–Trinajstić information content (AvgIpc) is 3.90. The summed E-state index contributed by atoms with van der Waals surface area (Å²) < 4.78 is 26.0. The molecule has 4 heterocycles. The SMILES string of the molecule is COC(=O)CCCCCCCCCn1c(=O)c(C)cn([C@H]2C[C@H](O)[C@@H](CO)O2)c1=O.Cc1cn([C@H]2C[C@H](O)[C@@H](CO)O2)c(=O)n(CCCCCCCCCC(=O)Oc2ccc([N+](=O)[O-])cc2)c1=O. The number of carbonyl (C=O) groups excluding carboxylic acids is 2. The summed E-state index contributed by atoms with van der Waals surface area (Å²) in [5.41, 5.74) is -0.821. The smallest absolute Gasteiger partial charge is 0.333 e. The third-order valence-corrected chi connectivity index (χ3v) is 12.2. The van der Waals surface area contributed by atoms with Crippen LogP contribution in [0.3, 0.4) is 0 Å². The third-order valence-electron chi connectivity index (χ3n) is 12.2. The third kappa shape index (κ3) is 16.4. The van der Waals surface area contributed by atoms with Crippen molar-refractivity contribution >= 4 is 17.6 Å². The molecule has 5 rings (SSSR count). The van der Waals surface area contributed by atoms with Gasteiger partial charge in [0.1, 0.15) is 30.4 Å². The number of ether oxygens (including phenoxy) is 4. The molecular formula is C47H69N5O16. The highest BCUT2D eigenvalue weighted by Crippen LogP contribution is 2.28. The van der Waals surface area contributed by atoms with Crippen molar-refractivity contribution in [2.75, 3.05) is 20.3 Å². The lowest BCUT2D eigenvalue weighted by Gasteiger charge is -2.17. The second-order valence-electron chi connectivity index (χ2n) is 17.4. The number of aliphatic hydroxyl groups excluding tert-OH is 4. The topological polar surface area (TPSA) is 283 Å². The van der Waals surface area contributed by atoms with E-state index in [0.717, 1.165) is 70.6 Å². The fourth-order valence-corrected chi connectivity index (χ4v) is 8.19. The number of nitro benzene ring substituents is 1. The first-order valence-electron chi connectivity index (χ1n) is 23.7. The number of aromatic nitrogens is 4. The maximum Gasteiger partial charge on any atom is 0.333 e. The number of methoxy groups -OCH3 is 1. The largest absolute Gasteiger partial charge is 0.469 e. The number of unbranched alkanes of at least 4 members (excludes halogenated alkanes) is 12. The fourth-order valence-electron chi connectivity index (χ4n) is 8.19. The van der Waals surface area contributed by atoms with Gasteiger partial charge in [-0.05, 0) is 51.7 Å². The molecule has 0 spiro atoms. The number of benzene rings is 1. The van der Waals surface area contributed by atoms with Crippen LogP contribution in [-0.2, 0) is 36.9 Å². The average molecular weight is 960 g/mol. The lowest BCUT2D eigenvalue weighted by Crippen LogP contribution is -2.42. The van der Waals surface area contributed by atoms with Crippen LogP contribution < -0.4 is 27.2 Å². The van der Waals surface area contributed by atoms with Crippen LogP contribution in [0.25, 0.3) is 0 Å². The molecule has 2 saturated heterocycles. The summed E-state index contributed by atoms with van der Waals surface area (Å²) in [5.74, 6) is -0.270. The van der Waals surface area contributed by atoms with E-state index in [-0.39, 0.29) is 73.5 Å². The molecule has 21 nitrogen and oxygen atoms in total. The number of nitro groups is 1. The summed E-state index contributed by atoms with van der Waals surface area (Å²) in [6.45, 7) is 3.22. The van der Waals surface area contributed by atoms with E-state index in [9.17, 15) is 59.3 Å². The normalized spacial score (nSPS) is 19.9. The van der Waals surface area contributed by atoms with E-state index >= 15 is 0 Å². The van der Waals surface area contributed by atoms with Gasteiger partial charge in [-0.1, -0.05) is 64.2 Å². The van der Waals surface area contributed by atoms with Crippen LogP contribution in [0.5, 0.6) is 5.75 Å². The van der Waals surface area contributed by atoms with E-state index in [4.69, 9.17) is 14.2 Å². The Labute approximate surface area is 394 Å². The Morgan fingerprint density at radius 3 is 1.40 bits per heavy atom. The van der Waals surface area contributed by atoms with Crippen LogP contribution in [0.2, 0.25) is 0 Å². The van der Waals surface area contributed by atoms with E-state index in [0.29, 0.717) is 43.4 Å². The van der Waals surface area contributed by atoms with Crippen LogP contribution in [0.1, 0.15) is 139 Å². The second kappa shape index (κ2) is 28.2. The summed E-state index contributed by atoms with van der Waals surface area (Å²) in [4.78, 5) is 83.8. The van der Waals surface area contributed by atoms with Crippen molar-refractivity contribution in [2.45, 2.75) is 179 Å². The molecule has 6 atom stereocenters. The molecule has 1 aromatic carbocycles. The van der Waals surface area contributed by atoms with Gasteiger partial charge in [0, 0.05) is 74.4 Å². The Kier molecular flexibility index (Phi) is 23.0. The van der Waals surface area contributed by atoms with Gasteiger partial charge in [-0.2, -0.15) is 0 Å². The summed E-state index contributed by atoms with van der Waals surface area (Å²) in [7, 11) is 1.40. The van der Waals surface area contributed by atoms with Crippen molar-refractivity contribution in [3.8, 4) is 5.75 Å². The van der Waals surface area contributed by atoms with Crippen molar-refractivity contribution in [2.24, 2.45) is 0 Å². The molecule has 2 fully saturated rings. The Morgan fingerprint density at radius 1 is 0.647 bits per heavy atom. The predicted molar refractivity (Wildman–Crippen MR) is 247 cm³/mol. The zero-order valence-electron chi connectivity index (χ0n) is 39.4. The minimum atomic E-state index is -0.877. The Bertz CT molecular complexity index is 2320. The van der Waals surface area contributed by atoms with Gasteiger partial charge >= 0.3 is 23.3 Å². The molecule has 0 unspecified atom stereocenters. The van der Waals surface area contributed by atoms with Crippen molar-refractivity contribution in [1.82, 2.24) is 18.3 Å². The monoisotopic (exact) mass is 959 g/mol. The van der Waals surface area contributed by atoms with Gasteiger partial charge in [0.15, 0.2) is 0 Å². The maximum atomic E-state index is 12.9. The van der Waals surface area contributed by atoms with Crippen molar-refractivity contribution in [3.05, 3.63) is 99.6 Å². The first-order valence-corrected chi connectivity index (χ1v) is 23.7. The van der Waals surface area contributed by atoms with Crippen LogP contribution in [0, 0.1) is 24.0 Å². The van der Waals surface area contributed by atoms with E-state index in [1.807, 2.05) is 0 Å². The predicted octanol–water partition coefficient (Wildman–Crippen LogP) is 3.85. The number of carbonyl (C=O) groups is 2. The molecule has 0 aliphatic carbocycles. The molecule has 68 heavy (non-hydrogen) atoms. The molecule has 0 saturated carbocycles. The van der Waals surface area contributed by atoms with Crippen LogP contribution in [0.15, 0.2) is 55.8 Å². The first-order chi connectivity index (χ1) is 32.6. The van der Waals surface area contributed by atoms with Crippen molar-refractivity contribution < 1.29 is 53.9 Å². The van der Waals surface area contributed by atoms with Gasteiger partial charge in [0.25, 0.3) is 16.8 Å². The van der Waals surface area contributed by atoms with Crippen molar-refractivity contribution in [1.29, 1.82) is 0 Å². The molecule has 2 aliphatic rings. The number of non-ortho nitro benzene ring substituents is 1. The lowest BCUT2D eigenvalue weighted by atomic mass is 10.1. The molecule has 4 N–H and O–H groups in total. The minimum Gasteiger partial charge on any atom is -0.469 e. The molecule has 2 aromatic heterocycles. The summed E-state index contributed by atoms with van der Waals surface area (Å²) >= 11 is 0. The molecule has 0 bridgehead atoms. The number of aryl methyl sites for hydroxylation is 2. The number of esters is 2. The minimum absolute atomic E-state index is 0.0656. The highest BCUT2D eigenvalue weighted by Gasteiger charge is 2.36. The van der Waals surface area contributed by atoms with Gasteiger partial charge in [-0.15, -0.1) is 0 Å². The highest BCUT2D eigenvalue weighted by atomic mass is 16.6. The highest BCUT2D eigenvalue weighted by molar-refractivity contribution is 5.72. The number of nitrogens with zero attached hydrogens (tertiary/aromatic N) is 5.